The fourth-order valence-corrected chi connectivity index (χ4v) is 4.80. The van der Waals surface area contributed by atoms with Crippen LogP contribution in [-0.2, 0) is 17.8 Å². The first-order chi connectivity index (χ1) is 13.4. The van der Waals surface area contributed by atoms with Gasteiger partial charge < -0.3 is 13.9 Å². The zero-order valence-corrected chi connectivity index (χ0v) is 17.1. The van der Waals surface area contributed by atoms with Crippen LogP contribution in [0.5, 0.6) is 5.88 Å². The Labute approximate surface area is 166 Å². The molecule has 0 fully saturated rings. The number of aromatic nitrogens is 3. The number of thiophene rings is 1. The van der Waals surface area contributed by atoms with E-state index in [0.29, 0.717) is 12.5 Å². The summed E-state index contributed by atoms with van der Waals surface area (Å²) in [6.45, 7) is 8.73. The number of nitrogens with zero attached hydrogens (tertiary/aromatic N) is 3. The van der Waals surface area contributed by atoms with E-state index in [0.717, 1.165) is 43.9 Å². The van der Waals surface area contributed by atoms with Crippen LogP contribution >= 0.6 is 11.3 Å². The van der Waals surface area contributed by atoms with Crippen LogP contribution in [0.3, 0.4) is 0 Å². The summed E-state index contributed by atoms with van der Waals surface area (Å²) in [5.74, 6) is 1.37. The molecule has 0 saturated carbocycles. The summed E-state index contributed by atoms with van der Waals surface area (Å²) >= 11 is 1.57. The van der Waals surface area contributed by atoms with Gasteiger partial charge in [0.15, 0.2) is 5.76 Å². The van der Waals surface area contributed by atoms with Crippen LogP contribution < -0.4 is 4.74 Å². The van der Waals surface area contributed by atoms with E-state index in [1.165, 1.54) is 5.56 Å². The maximum absolute atomic E-state index is 6.11. The Morgan fingerprint density at radius 1 is 1.21 bits per heavy atom. The van der Waals surface area contributed by atoms with Crippen LogP contribution in [0.2, 0.25) is 0 Å². The molecular formula is C21H21N3O3S. The van der Waals surface area contributed by atoms with E-state index in [2.05, 4.69) is 23.8 Å². The van der Waals surface area contributed by atoms with E-state index in [1.807, 2.05) is 26.0 Å². The lowest BCUT2D eigenvalue weighted by Crippen LogP contribution is -2.32. The number of pyridine rings is 1. The van der Waals surface area contributed by atoms with Gasteiger partial charge >= 0.3 is 0 Å². The minimum absolute atomic E-state index is 0.0381. The van der Waals surface area contributed by atoms with Crippen molar-refractivity contribution < 1.29 is 13.9 Å². The predicted molar refractivity (Wildman–Crippen MR) is 109 cm³/mol. The van der Waals surface area contributed by atoms with E-state index in [1.54, 1.807) is 23.9 Å². The van der Waals surface area contributed by atoms with Gasteiger partial charge in [-0.15, -0.1) is 11.3 Å². The number of furan rings is 1. The first-order valence-electron chi connectivity index (χ1n) is 9.36. The minimum Gasteiger partial charge on any atom is -0.474 e. The van der Waals surface area contributed by atoms with Gasteiger partial charge in [0.05, 0.1) is 30.1 Å². The first-order valence-corrected chi connectivity index (χ1v) is 10.2. The molecule has 0 amide bonds. The maximum atomic E-state index is 6.11. The lowest BCUT2D eigenvalue weighted by Gasteiger charge is -2.32. The summed E-state index contributed by atoms with van der Waals surface area (Å²) in [6, 6.07) is 3.82. The van der Waals surface area contributed by atoms with Crippen LogP contribution in [0.4, 0.5) is 0 Å². The fraction of sp³-hybridized carbons (Fsp3) is 0.381. The van der Waals surface area contributed by atoms with E-state index >= 15 is 0 Å². The zero-order chi connectivity index (χ0) is 19.5. The molecule has 0 spiro atoms. The molecule has 0 aromatic carbocycles. The average Bonchev–Trinajstić information content (AvgIpc) is 3.28. The number of hydrogen-bond donors (Lipinski definition) is 0. The molecule has 4 aromatic rings. The molecule has 4 aromatic heterocycles. The van der Waals surface area contributed by atoms with E-state index in [-0.39, 0.29) is 11.7 Å². The molecular weight excluding hydrogens is 374 g/mol. The third-order valence-corrected chi connectivity index (χ3v) is 5.96. The SMILES string of the molecule is CC(C)Oc1ncnc2c1sc1nc(-c3ccco3)c3c(c12)CC(C)(C)OC3. The van der Waals surface area contributed by atoms with Crippen molar-refractivity contribution in [3.05, 3.63) is 35.9 Å². The highest BCUT2D eigenvalue weighted by Crippen LogP contribution is 2.44. The summed E-state index contributed by atoms with van der Waals surface area (Å²) < 4.78 is 18.6. The van der Waals surface area contributed by atoms with Crippen molar-refractivity contribution in [1.29, 1.82) is 0 Å². The van der Waals surface area contributed by atoms with E-state index in [9.17, 15) is 0 Å². The second-order valence-corrected chi connectivity index (χ2v) is 8.92. The van der Waals surface area contributed by atoms with Crippen LogP contribution in [0, 0.1) is 0 Å². The van der Waals surface area contributed by atoms with Gasteiger partial charge in [-0.05, 0) is 45.4 Å². The molecule has 5 heterocycles. The largest absolute Gasteiger partial charge is 0.474 e. The predicted octanol–water partition coefficient (Wildman–Crippen LogP) is 5.14. The van der Waals surface area contributed by atoms with Gasteiger partial charge in [0.2, 0.25) is 5.88 Å². The van der Waals surface area contributed by atoms with Crippen LogP contribution in [-0.4, -0.2) is 26.7 Å². The molecule has 0 saturated heterocycles. The van der Waals surface area contributed by atoms with Crippen molar-refractivity contribution in [3.8, 4) is 17.3 Å². The summed E-state index contributed by atoms with van der Waals surface area (Å²) in [4.78, 5) is 14.8. The highest BCUT2D eigenvalue weighted by molar-refractivity contribution is 7.25. The molecule has 0 atom stereocenters. The minimum atomic E-state index is -0.250. The number of hydrogen-bond acceptors (Lipinski definition) is 7. The van der Waals surface area contributed by atoms with E-state index < -0.39 is 0 Å². The lowest BCUT2D eigenvalue weighted by atomic mass is 9.89. The summed E-state index contributed by atoms with van der Waals surface area (Å²) in [6.07, 6.45) is 4.07. The Morgan fingerprint density at radius 2 is 2.07 bits per heavy atom. The fourth-order valence-electron chi connectivity index (χ4n) is 3.71. The molecule has 0 unspecified atom stereocenters. The standard InChI is InChI=1S/C21H21N3O3S/c1-11(2)27-19-18-17(22-10-23-19)15-12-8-21(3,4)26-9-13(12)16(24-20(15)28-18)14-6-5-7-25-14/h5-7,10-11H,8-9H2,1-4H3. The van der Waals surface area contributed by atoms with Crippen molar-refractivity contribution in [1.82, 2.24) is 15.0 Å². The molecule has 7 heteroatoms. The molecule has 6 nitrogen and oxygen atoms in total. The van der Waals surface area contributed by atoms with Gasteiger partial charge in [-0.1, -0.05) is 0 Å². The normalized spacial score (nSPS) is 16.0. The maximum Gasteiger partial charge on any atom is 0.235 e. The Bertz CT molecular complexity index is 1180. The first kappa shape index (κ1) is 17.6. The summed E-state index contributed by atoms with van der Waals surface area (Å²) in [5.41, 5.74) is 3.80. The summed E-state index contributed by atoms with van der Waals surface area (Å²) in [7, 11) is 0. The Kier molecular flexibility index (Phi) is 3.93. The molecule has 0 N–H and O–H groups in total. The molecule has 0 radical (unpaired) electrons. The van der Waals surface area contributed by atoms with Gasteiger partial charge in [-0.3, -0.25) is 0 Å². The lowest BCUT2D eigenvalue weighted by molar-refractivity contribution is -0.0395. The molecule has 0 bridgehead atoms. The molecule has 28 heavy (non-hydrogen) atoms. The number of rotatable bonds is 3. The molecule has 5 rings (SSSR count). The molecule has 0 aliphatic carbocycles. The van der Waals surface area contributed by atoms with Gasteiger partial charge in [0.1, 0.15) is 21.6 Å². The van der Waals surface area contributed by atoms with Crippen LogP contribution in [0.1, 0.15) is 38.8 Å². The highest BCUT2D eigenvalue weighted by Gasteiger charge is 2.32. The smallest absolute Gasteiger partial charge is 0.235 e. The quantitative estimate of drug-likeness (QED) is 0.478. The van der Waals surface area contributed by atoms with Crippen LogP contribution in [0.15, 0.2) is 29.1 Å². The van der Waals surface area contributed by atoms with Crippen molar-refractivity contribution in [2.75, 3.05) is 0 Å². The van der Waals surface area contributed by atoms with Crippen molar-refractivity contribution in [3.63, 3.8) is 0 Å². The third kappa shape index (κ3) is 2.77. The van der Waals surface area contributed by atoms with Crippen molar-refractivity contribution >= 4 is 31.8 Å². The molecule has 144 valence electrons. The van der Waals surface area contributed by atoms with Crippen molar-refractivity contribution in [2.24, 2.45) is 0 Å². The Morgan fingerprint density at radius 3 is 2.82 bits per heavy atom. The third-order valence-electron chi connectivity index (χ3n) is 4.90. The Balaban J connectivity index is 1.85. The number of ether oxygens (including phenoxy) is 2. The molecule has 1 aliphatic rings. The second kappa shape index (κ2) is 6.25. The topological polar surface area (TPSA) is 70.3 Å². The van der Waals surface area contributed by atoms with Gasteiger partial charge in [0.25, 0.3) is 0 Å². The zero-order valence-electron chi connectivity index (χ0n) is 16.3. The van der Waals surface area contributed by atoms with Gasteiger partial charge in [0, 0.05) is 17.4 Å². The van der Waals surface area contributed by atoms with Crippen molar-refractivity contribution in [2.45, 2.75) is 52.4 Å². The number of fused-ring (bicyclic) bond motifs is 5. The highest BCUT2D eigenvalue weighted by atomic mass is 32.1. The van der Waals surface area contributed by atoms with Gasteiger partial charge in [-0.25, -0.2) is 15.0 Å². The second-order valence-electron chi connectivity index (χ2n) is 7.93. The van der Waals surface area contributed by atoms with E-state index in [4.69, 9.17) is 18.9 Å². The Hall–Kier alpha value is -2.51. The van der Waals surface area contributed by atoms with Crippen LogP contribution in [0.25, 0.3) is 31.9 Å². The monoisotopic (exact) mass is 395 g/mol. The van der Waals surface area contributed by atoms with Gasteiger partial charge in [-0.2, -0.15) is 0 Å². The molecule has 1 aliphatic heterocycles. The summed E-state index contributed by atoms with van der Waals surface area (Å²) in [5, 5.41) is 1.08. The average molecular weight is 395 g/mol.